The first-order valence-electron chi connectivity index (χ1n) is 10.2. The third kappa shape index (κ3) is 5.37. The quantitative estimate of drug-likeness (QED) is 0.609. The number of para-hydroxylation sites is 2. The topological polar surface area (TPSA) is 48.0 Å². The van der Waals surface area contributed by atoms with Crippen LogP contribution in [0.2, 0.25) is 0 Å². The first kappa shape index (κ1) is 21.3. The predicted octanol–water partition coefficient (Wildman–Crippen LogP) is 4.63. The third-order valence-corrected chi connectivity index (χ3v) is 5.55. The van der Waals surface area contributed by atoms with E-state index in [1.54, 1.807) is 7.11 Å². The Bertz CT molecular complexity index is 815. The summed E-state index contributed by atoms with van der Waals surface area (Å²) in [4.78, 5) is 14.6. The van der Waals surface area contributed by atoms with E-state index in [1.165, 1.54) is 0 Å². The molecule has 0 bridgehead atoms. The van der Waals surface area contributed by atoms with E-state index >= 15 is 0 Å². The van der Waals surface area contributed by atoms with Crippen LogP contribution in [0, 0.1) is 19.8 Å². The minimum absolute atomic E-state index is 0.143. The van der Waals surface area contributed by atoms with Crippen LogP contribution in [-0.2, 0) is 20.7 Å². The van der Waals surface area contributed by atoms with E-state index in [4.69, 9.17) is 14.2 Å². The van der Waals surface area contributed by atoms with Crippen molar-refractivity contribution >= 4 is 11.6 Å². The minimum atomic E-state index is -0.308. The second-order valence-electron chi connectivity index (χ2n) is 7.69. The molecule has 2 unspecified atom stereocenters. The van der Waals surface area contributed by atoms with E-state index in [2.05, 4.69) is 32.0 Å². The van der Waals surface area contributed by atoms with Crippen molar-refractivity contribution in [3.63, 3.8) is 0 Å². The zero-order valence-electron chi connectivity index (χ0n) is 17.8. The highest BCUT2D eigenvalue weighted by atomic mass is 16.7. The number of piperidine rings is 1. The van der Waals surface area contributed by atoms with Gasteiger partial charge in [-0.3, -0.25) is 4.79 Å². The molecule has 29 heavy (non-hydrogen) atoms. The van der Waals surface area contributed by atoms with Crippen LogP contribution < -0.4 is 9.64 Å². The summed E-state index contributed by atoms with van der Waals surface area (Å²) in [6, 6.07) is 14.2. The van der Waals surface area contributed by atoms with Gasteiger partial charge in [0.05, 0.1) is 0 Å². The maximum atomic E-state index is 12.7. The normalized spacial score (nSPS) is 18.0. The van der Waals surface area contributed by atoms with Crippen LogP contribution in [0.1, 0.15) is 36.5 Å². The summed E-state index contributed by atoms with van der Waals surface area (Å²) in [5.41, 5.74) is 4.50. The van der Waals surface area contributed by atoms with Crippen LogP contribution >= 0.6 is 0 Å². The number of carbonyl (C=O) groups is 1. The Morgan fingerprint density at radius 2 is 1.83 bits per heavy atom. The van der Waals surface area contributed by atoms with Gasteiger partial charge in [-0.1, -0.05) is 36.4 Å². The Hall–Kier alpha value is -2.37. The molecule has 0 spiro atoms. The van der Waals surface area contributed by atoms with Gasteiger partial charge in [0.2, 0.25) is 5.91 Å². The van der Waals surface area contributed by atoms with Crippen LogP contribution in [0.25, 0.3) is 0 Å². The van der Waals surface area contributed by atoms with Gasteiger partial charge in [-0.15, -0.1) is 0 Å². The summed E-state index contributed by atoms with van der Waals surface area (Å²) in [5, 5.41) is 0. The Morgan fingerprint density at radius 3 is 2.55 bits per heavy atom. The SMILES string of the molecule is COC(C)OCOc1ccccc1CC1CCC(=O)N(c2c(C)cccc2C)C1. The summed E-state index contributed by atoms with van der Waals surface area (Å²) < 4.78 is 16.4. The fourth-order valence-electron chi connectivity index (χ4n) is 3.91. The van der Waals surface area contributed by atoms with Crippen LogP contribution in [-0.4, -0.2) is 32.6 Å². The van der Waals surface area contributed by atoms with E-state index in [1.807, 2.05) is 36.1 Å². The molecule has 5 nitrogen and oxygen atoms in total. The maximum Gasteiger partial charge on any atom is 0.227 e. The van der Waals surface area contributed by atoms with Gasteiger partial charge < -0.3 is 19.1 Å². The highest BCUT2D eigenvalue weighted by Gasteiger charge is 2.29. The molecule has 1 heterocycles. The molecule has 2 aromatic carbocycles. The number of amides is 1. The number of benzene rings is 2. The van der Waals surface area contributed by atoms with Crippen LogP contribution in [0.4, 0.5) is 5.69 Å². The number of methoxy groups -OCH3 is 1. The average Bonchev–Trinajstić information content (AvgIpc) is 2.71. The Kier molecular flexibility index (Phi) is 7.29. The monoisotopic (exact) mass is 397 g/mol. The molecule has 1 aliphatic rings. The van der Waals surface area contributed by atoms with Gasteiger partial charge >= 0.3 is 0 Å². The van der Waals surface area contributed by atoms with Crippen molar-refractivity contribution < 1.29 is 19.0 Å². The van der Waals surface area contributed by atoms with Crippen molar-refractivity contribution in [2.24, 2.45) is 5.92 Å². The molecule has 1 saturated heterocycles. The lowest BCUT2D eigenvalue weighted by Gasteiger charge is -2.34. The lowest BCUT2D eigenvalue weighted by Crippen LogP contribution is -2.41. The van der Waals surface area contributed by atoms with Crippen molar-refractivity contribution in [1.29, 1.82) is 0 Å². The number of ether oxygens (including phenoxy) is 3. The van der Waals surface area contributed by atoms with Crippen LogP contribution in [0.3, 0.4) is 0 Å². The van der Waals surface area contributed by atoms with Crippen molar-refractivity contribution in [1.82, 2.24) is 0 Å². The van der Waals surface area contributed by atoms with E-state index in [-0.39, 0.29) is 19.0 Å². The molecular weight excluding hydrogens is 366 g/mol. The van der Waals surface area contributed by atoms with E-state index in [0.29, 0.717) is 12.3 Å². The summed E-state index contributed by atoms with van der Waals surface area (Å²) in [5.74, 6) is 1.42. The Morgan fingerprint density at radius 1 is 1.10 bits per heavy atom. The second-order valence-corrected chi connectivity index (χ2v) is 7.69. The van der Waals surface area contributed by atoms with Gasteiger partial charge in [-0.05, 0) is 62.3 Å². The number of hydrogen-bond acceptors (Lipinski definition) is 4. The maximum absolute atomic E-state index is 12.7. The van der Waals surface area contributed by atoms with Gasteiger partial charge in [0, 0.05) is 25.8 Å². The van der Waals surface area contributed by atoms with E-state index in [0.717, 1.165) is 47.5 Å². The highest BCUT2D eigenvalue weighted by Crippen LogP contribution is 2.32. The number of aryl methyl sites for hydroxylation is 2. The first-order valence-corrected chi connectivity index (χ1v) is 10.2. The van der Waals surface area contributed by atoms with Gasteiger partial charge in [0.1, 0.15) is 5.75 Å². The molecule has 1 fully saturated rings. The molecule has 0 saturated carbocycles. The molecule has 156 valence electrons. The third-order valence-electron chi connectivity index (χ3n) is 5.55. The number of anilines is 1. The fourth-order valence-corrected chi connectivity index (χ4v) is 3.91. The summed E-state index contributed by atoms with van der Waals surface area (Å²) in [7, 11) is 1.60. The number of hydrogen-bond donors (Lipinski definition) is 0. The van der Waals surface area contributed by atoms with Crippen LogP contribution in [0.15, 0.2) is 42.5 Å². The fraction of sp³-hybridized carbons (Fsp3) is 0.458. The molecule has 1 amide bonds. The van der Waals surface area contributed by atoms with Crippen LogP contribution in [0.5, 0.6) is 5.75 Å². The largest absolute Gasteiger partial charge is 0.467 e. The Labute approximate surface area is 173 Å². The van der Waals surface area contributed by atoms with Gasteiger partial charge in [-0.2, -0.15) is 0 Å². The van der Waals surface area contributed by atoms with Crippen molar-refractivity contribution in [2.75, 3.05) is 25.3 Å². The standard InChI is InChI=1S/C24H31NO4/c1-17-8-7-9-18(2)24(17)25-15-20(12-13-23(25)26)14-21-10-5-6-11-22(21)29-16-28-19(3)27-4/h5-11,19-20H,12-16H2,1-4H3. The van der Waals surface area contributed by atoms with E-state index in [9.17, 15) is 4.79 Å². The number of carbonyl (C=O) groups excluding carboxylic acids is 1. The van der Waals surface area contributed by atoms with E-state index < -0.39 is 0 Å². The zero-order valence-corrected chi connectivity index (χ0v) is 17.8. The molecule has 0 aliphatic carbocycles. The Balaban J connectivity index is 1.70. The van der Waals surface area contributed by atoms with Gasteiger partial charge in [0.25, 0.3) is 0 Å². The van der Waals surface area contributed by atoms with Gasteiger partial charge in [0.15, 0.2) is 13.1 Å². The summed E-state index contributed by atoms with van der Waals surface area (Å²) in [6.45, 7) is 6.85. The highest BCUT2D eigenvalue weighted by molar-refractivity contribution is 5.95. The summed E-state index contributed by atoms with van der Waals surface area (Å²) >= 11 is 0. The van der Waals surface area contributed by atoms with Gasteiger partial charge in [-0.25, -0.2) is 0 Å². The molecule has 5 heteroatoms. The minimum Gasteiger partial charge on any atom is -0.467 e. The van der Waals surface area contributed by atoms with Crippen molar-refractivity contribution in [2.45, 2.75) is 46.3 Å². The number of nitrogens with zero attached hydrogens (tertiary/aromatic N) is 1. The molecule has 0 radical (unpaired) electrons. The summed E-state index contributed by atoms with van der Waals surface area (Å²) in [6.07, 6.45) is 2.03. The van der Waals surface area contributed by atoms with Crippen molar-refractivity contribution in [3.05, 3.63) is 59.2 Å². The first-order chi connectivity index (χ1) is 14.0. The average molecular weight is 398 g/mol. The lowest BCUT2D eigenvalue weighted by molar-refractivity contribution is -0.149. The molecule has 3 rings (SSSR count). The predicted molar refractivity (Wildman–Crippen MR) is 114 cm³/mol. The molecule has 0 N–H and O–H groups in total. The zero-order chi connectivity index (χ0) is 20.8. The van der Waals surface area contributed by atoms with Crippen molar-refractivity contribution in [3.8, 4) is 5.75 Å². The number of rotatable bonds is 8. The second kappa shape index (κ2) is 9.90. The molecular formula is C24H31NO4. The molecule has 2 aromatic rings. The smallest absolute Gasteiger partial charge is 0.227 e. The lowest BCUT2D eigenvalue weighted by atomic mass is 9.89. The molecule has 2 atom stereocenters. The molecule has 1 aliphatic heterocycles. The molecule has 0 aromatic heterocycles.